The van der Waals surface area contributed by atoms with Gasteiger partial charge in [0.15, 0.2) is 0 Å². The minimum Gasteiger partial charge on any atom is -0.290 e. The van der Waals surface area contributed by atoms with E-state index in [2.05, 4.69) is 0 Å². The summed E-state index contributed by atoms with van der Waals surface area (Å²) >= 11 is 0. The van der Waals surface area contributed by atoms with Gasteiger partial charge in [0.2, 0.25) is 0 Å². The molecule has 0 atom stereocenters. The van der Waals surface area contributed by atoms with E-state index in [0.717, 1.165) is 24.0 Å². The molecule has 2 aromatic rings. The number of hydrogen-bond acceptors (Lipinski definition) is 6. The van der Waals surface area contributed by atoms with E-state index >= 15 is 0 Å². The van der Waals surface area contributed by atoms with Crippen LogP contribution in [0, 0.1) is 13.8 Å². The molecule has 0 saturated carbocycles. The second kappa shape index (κ2) is 10.0. The zero-order valence-corrected chi connectivity index (χ0v) is 16.7. The SMILES string of the molecule is CCCCC(C)(OOC(=O)c1cccc(C)c1)OOC(=O)c1cccc(C)c1. The van der Waals surface area contributed by atoms with Crippen LogP contribution in [0.2, 0.25) is 0 Å². The van der Waals surface area contributed by atoms with Crippen LogP contribution in [0.25, 0.3) is 0 Å². The van der Waals surface area contributed by atoms with E-state index in [-0.39, 0.29) is 0 Å². The van der Waals surface area contributed by atoms with Gasteiger partial charge in [0.1, 0.15) is 0 Å². The molecule has 2 aromatic carbocycles. The number of carbonyl (C=O) groups excluding carboxylic acids is 2. The minimum absolute atomic E-state index is 0.356. The third-order valence-electron chi connectivity index (χ3n) is 4.08. The van der Waals surface area contributed by atoms with Crippen LogP contribution >= 0.6 is 0 Å². The molecule has 0 amide bonds. The molecule has 0 N–H and O–H groups in total. The summed E-state index contributed by atoms with van der Waals surface area (Å²) in [5.74, 6) is -2.73. The molecule has 0 heterocycles. The van der Waals surface area contributed by atoms with Crippen LogP contribution in [-0.2, 0) is 19.6 Å². The predicted molar refractivity (Wildman–Crippen MR) is 103 cm³/mol. The van der Waals surface area contributed by atoms with Crippen LogP contribution in [0.1, 0.15) is 65.0 Å². The fraction of sp³-hybridized carbons (Fsp3) is 0.364. The number of carbonyl (C=O) groups is 2. The fourth-order valence-corrected chi connectivity index (χ4v) is 2.49. The van der Waals surface area contributed by atoms with Crippen molar-refractivity contribution in [2.75, 3.05) is 0 Å². The molecule has 0 aliphatic heterocycles. The Bertz CT molecular complexity index is 753. The number of rotatable bonds is 9. The van der Waals surface area contributed by atoms with E-state index in [9.17, 15) is 9.59 Å². The van der Waals surface area contributed by atoms with Crippen molar-refractivity contribution < 1.29 is 29.1 Å². The Balaban J connectivity index is 1.99. The molecule has 0 radical (unpaired) electrons. The molecule has 6 nitrogen and oxygen atoms in total. The van der Waals surface area contributed by atoms with Crippen LogP contribution in [0.5, 0.6) is 0 Å². The number of benzene rings is 2. The average molecular weight is 386 g/mol. The summed E-state index contributed by atoms with van der Waals surface area (Å²) in [7, 11) is 0. The Morgan fingerprint density at radius 3 is 1.71 bits per heavy atom. The second-order valence-corrected chi connectivity index (χ2v) is 6.88. The van der Waals surface area contributed by atoms with Crippen molar-refractivity contribution in [3.8, 4) is 0 Å². The molecule has 0 saturated heterocycles. The third-order valence-corrected chi connectivity index (χ3v) is 4.08. The van der Waals surface area contributed by atoms with Gasteiger partial charge in [-0.25, -0.2) is 9.59 Å². The summed E-state index contributed by atoms with van der Waals surface area (Å²) in [6.45, 7) is 7.29. The lowest BCUT2D eigenvalue weighted by Gasteiger charge is -2.25. The monoisotopic (exact) mass is 386 g/mol. The van der Waals surface area contributed by atoms with Crippen molar-refractivity contribution in [1.82, 2.24) is 0 Å². The molecule has 2 rings (SSSR count). The Morgan fingerprint density at radius 1 is 0.857 bits per heavy atom. The van der Waals surface area contributed by atoms with Crippen LogP contribution < -0.4 is 0 Å². The quantitative estimate of drug-likeness (QED) is 0.340. The van der Waals surface area contributed by atoms with E-state index < -0.39 is 17.7 Å². The molecular weight excluding hydrogens is 360 g/mol. The average Bonchev–Trinajstić information content (AvgIpc) is 2.69. The molecule has 0 aliphatic rings. The minimum atomic E-state index is -1.42. The molecule has 0 bridgehead atoms. The van der Waals surface area contributed by atoms with Gasteiger partial charge in [-0.1, -0.05) is 48.7 Å². The van der Waals surface area contributed by atoms with Gasteiger partial charge in [-0.2, -0.15) is 0 Å². The van der Waals surface area contributed by atoms with Crippen molar-refractivity contribution in [2.24, 2.45) is 0 Å². The van der Waals surface area contributed by atoms with Gasteiger partial charge in [-0.05, 0) is 51.5 Å². The van der Waals surface area contributed by atoms with Gasteiger partial charge in [0.05, 0.1) is 11.1 Å². The van der Waals surface area contributed by atoms with Gasteiger partial charge in [-0.15, -0.1) is 9.78 Å². The van der Waals surface area contributed by atoms with E-state index in [1.165, 1.54) is 0 Å². The maximum Gasteiger partial charge on any atom is 0.373 e. The molecule has 0 unspecified atom stereocenters. The van der Waals surface area contributed by atoms with Crippen molar-refractivity contribution >= 4 is 11.9 Å². The first-order valence-corrected chi connectivity index (χ1v) is 9.26. The highest BCUT2D eigenvalue weighted by Gasteiger charge is 2.33. The summed E-state index contributed by atoms with van der Waals surface area (Å²) in [5.41, 5.74) is 2.56. The van der Waals surface area contributed by atoms with Gasteiger partial charge in [0.25, 0.3) is 5.79 Å². The van der Waals surface area contributed by atoms with E-state index in [0.29, 0.717) is 17.5 Å². The summed E-state index contributed by atoms with van der Waals surface area (Å²) in [6.07, 6.45) is 1.95. The lowest BCUT2D eigenvalue weighted by molar-refractivity contribution is -0.471. The summed E-state index contributed by atoms with van der Waals surface area (Å²) in [5, 5.41) is 0. The normalized spacial score (nSPS) is 11.1. The maximum atomic E-state index is 12.2. The van der Waals surface area contributed by atoms with Gasteiger partial charge < -0.3 is 0 Å². The highest BCUT2D eigenvalue weighted by atomic mass is 17.3. The zero-order valence-electron chi connectivity index (χ0n) is 16.7. The fourth-order valence-electron chi connectivity index (χ4n) is 2.49. The Labute approximate surface area is 165 Å². The Morgan fingerprint density at radius 2 is 1.32 bits per heavy atom. The smallest absolute Gasteiger partial charge is 0.290 e. The number of hydrogen-bond donors (Lipinski definition) is 0. The number of unbranched alkanes of at least 4 members (excludes halogenated alkanes) is 1. The summed E-state index contributed by atoms with van der Waals surface area (Å²) in [6, 6.07) is 13.9. The topological polar surface area (TPSA) is 71.1 Å². The second-order valence-electron chi connectivity index (χ2n) is 6.88. The molecular formula is C22H26O6. The number of aryl methyl sites for hydroxylation is 2. The Hall–Kier alpha value is -2.70. The molecule has 28 heavy (non-hydrogen) atoms. The van der Waals surface area contributed by atoms with E-state index in [4.69, 9.17) is 19.6 Å². The molecule has 6 heteroatoms. The summed E-state index contributed by atoms with van der Waals surface area (Å²) < 4.78 is 0. The van der Waals surface area contributed by atoms with Gasteiger partial charge >= 0.3 is 11.9 Å². The Kier molecular flexibility index (Phi) is 7.72. The zero-order chi connectivity index (χ0) is 20.6. The molecule has 0 spiro atoms. The summed E-state index contributed by atoms with van der Waals surface area (Å²) in [4.78, 5) is 44.8. The van der Waals surface area contributed by atoms with Crippen LogP contribution in [0.15, 0.2) is 48.5 Å². The lowest BCUT2D eigenvalue weighted by atomic mass is 10.1. The highest BCUT2D eigenvalue weighted by Crippen LogP contribution is 2.23. The van der Waals surface area contributed by atoms with Gasteiger partial charge in [-0.3, -0.25) is 9.78 Å². The van der Waals surface area contributed by atoms with Crippen molar-refractivity contribution in [3.63, 3.8) is 0 Å². The van der Waals surface area contributed by atoms with Gasteiger partial charge in [0, 0.05) is 6.42 Å². The lowest BCUT2D eigenvalue weighted by Crippen LogP contribution is -2.34. The van der Waals surface area contributed by atoms with E-state index in [1.807, 2.05) is 32.9 Å². The molecule has 0 fully saturated rings. The van der Waals surface area contributed by atoms with Crippen LogP contribution in [0.4, 0.5) is 0 Å². The van der Waals surface area contributed by atoms with Crippen LogP contribution in [0.3, 0.4) is 0 Å². The molecule has 0 aliphatic carbocycles. The molecule has 0 aromatic heterocycles. The predicted octanol–water partition coefficient (Wildman–Crippen LogP) is 5.09. The van der Waals surface area contributed by atoms with E-state index in [1.54, 1.807) is 43.3 Å². The van der Waals surface area contributed by atoms with Crippen LogP contribution in [-0.4, -0.2) is 17.7 Å². The largest absolute Gasteiger partial charge is 0.373 e. The molecule has 150 valence electrons. The first-order valence-electron chi connectivity index (χ1n) is 9.26. The first kappa shape index (κ1) is 21.6. The first-order chi connectivity index (χ1) is 13.3. The van der Waals surface area contributed by atoms with Crippen molar-refractivity contribution in [2.45, 2.75) is 52.7 Å². The van der Waals surface area contributed by atoms with Crippen molar-refractivity contribution in [1.29, 1.82) is 0 Å². The standard InChI is InChI=1S/C22H26O6/c1-5-6-13-22(4,27-25-20(23)18-11-7-9-16(2)14-18)28-26-21(24)19-12-8-10-17(3)15-19/h7-12,14-15H,5-6,13H2,1-4H3. The van der Waals surface area contributed by atoms with Crippen molar-refractivity contribution in [3.05, 3.63) is 70.8 Å². The third kappa shape index (κ3) is 6.48. The highest BCUT2D eigenvalue weighted by molar-refractivity contribution is 5.89. The maximum absolute atomic E-state index is 12.2.